The fraction of sp³-hybridized carbons (Fsp3) is 0. The molecule has 0 radical (unpaired) electrons. The van der Waals surface area contributed by atoms with Gasteiger partial charge in [-0.1, -0.05) is 103 Å². The number of benzene rings is 6. The Kier molecular flexibility index (Phi) is 5.37. The molecule has 0 unspecified atom stereocenters. The van der Waals surface area contributed by atoms with Gasteiger partial charge in [0.15, 0.2) is 0 Å². The van der Waals surface area contributed by atoms with E-state index in [4.69, 9.17) is 9.40 Å². The van der Waals surface area contributed by atoms with Gasteiger partial charge >= 0.3 is 0 Å². The average Bonchev–Trinajstić information content (AvgIpc) is 3.65. The van der Waals surface area contributed by atoms with E-state index in [9.17, 15) is 0 Å². The van der Waals surface area contributed by atoms with Gasteiger partial charge in [0.2, 0.25) is 0 Å². The molecule has 0 amide bonds. The van der Waals surface area contributed by atoms with Crippen LogP contribution in [0.3, 0.4) is 0 Å². The Labute approximate surface area is 251 Å². The first-order valence-electron chi connectivity index (χ1n) is 14.4. The first kappa shape index (κ1) is 24.2. The van der Waals surface area contributed by atoms with Gasteiger partial charge in [0, 0.05) is 27.4 Å². The minimum absolute atomic E-state index is 0.872. The molecule has 202 valence electrons. The molecule has 3 aromatic heterocycles. The van der Waals surface area contributed by atoms with Gasteiger partial charge < -0.3 is 9.32 Å². The second-order valence-corrected chi connectivity index (χ2v) is 11.8. The number of pyridine rings is 1. The Bertz CT molecular complexity index is 2460. The number of hydrogen-bond donors (Lipinski definition) is 0. The fourth-order valence-corrected chi connectivity index (χ4v) is 7.63. The van der Waals surface area contributed by atoms with Crippen LogP contribution in [0.2, 0.25) is 0 Å². The van der Waals surface area contributed by atoms with Gasteiger partial charge in [-0.25, -0.2) is 0 Å². The van der Waals surface area contributed by atoms with Crippen LogP contribution in [-0.2, 0) is 0 Å². The SMILES string of the molecule is c1ccc(-c2ccc(N(c3ccnc4c3sc3c5ccccc5ccc43)c3cccc4oc5ccccc5c34)cc2)cc1. The highest BCUT2D eigenvalue weighted by atomic mass is 32.1. The number of hydrogen-bond acceptors (Lipinski definition) is 4. The molecule has 0 atom stereocenters. The molecule has 0 fully saturated rings. The van der Waals surface area contributed by atoms with Crippen molar-refractivity contribution < 1.29 is 4.42 Å². The van der Waals surface area contributed by atoms with Crippen LogP contribution < -0.4 is 4.90 Å². The highest BCUT2D eigenvalue weighted by Crippen LogP contribution is 2.48. The summed E-state index contributed by atoms with van der Waals surface area (Å²) < 4.78 is 8.76. The van der Waals surface area contributed by atoms with E-state index in [2.05, 4.69) is 132 Å². The lowest BCUT2D eigenvalue weighted by Gasteiger charge is -2.26. The molecule has 4 heteroatoms. The normalized spacial score (nSPS) is 11.7. The molecule has 0 bridgehead atoms. The summed E-state index contributed by atoms with van der Waals surface area (Å²) in [5.41, 5.74) is 8.42. The zero-order valence-corrected chi connectivity index (χ0v) is 23.9. The quantitative estimate of drug-likeness (QED) is 0.211. The number of para-hydroxylation sites is 1. The highest BCUT2D eigenvalue weighted by Gasteiger charge is 2.23. The summed E-state index contributed by atoms with van der Waals surface area (Å²) in [7, 11) is 0. The van der Waals surface area contributed by atoms with Crippen molar-refractivity contribution in [3.63, 3.8) is 0 Å². The van der Waals surface area contributed by atoms with E-state index in [0.29, 0.717) is 0 Å². The van der Waals surface area contributed by atoms with Crippen LogP contribution in [0.1, 0.15) is 0 Å². The van der Waals surface area contributed by atoms with Crippen molar-refractivity contribution in [3.8, 4) is 11.1 Å². The number of fused-ring (bicyclic) bond motifs is 8. The molecule has 0 aliphatic carbocycles. The zero-order chi connectivity index (χ0) is 28.3. The van der Waals surface area contributed by atoms with Crippen molar-refractivity contribution in [1.82, 2.24) is 4.98 Å². The standard InChI is InChI=1S/C39H24N2OS/c1-2-9-25(10-3-1)26-17-20-28(21-18-26)41(32-14-8-16-35-36(32)30-13-6-7-15-34(30)42-35)33-23-24-40-37-31-22-19-27-11-4-5-12-29(27)38(31)43-39(33)37/h1-24H. The van der Waals surface area contributed by atoms with Gasteiger partial charge in [0.1, 0.15) is 11.2 Å². The van der Waals surface area contributed by atoms with Crippen LogP contribution in [0.25, 0.3) is 64.1 Å². The molecule has 3 nitrogen and oxygen atoms in total. The van der Waals surface area contributed by atoms with Crippen molar-refractivity contribution in [2.45, 2.75) is 0 Å². The van der Waals surface area contributed by atoms with Crippen molar-refractivity contribution in [2.75, 3.05) is 4.90 Å². The minimum atomic E-state index is 0.872. The van der Waals surface area contributed by atoms with E-state index >= 15 is 0 Å². The Morgan fingerprint density at radius 3 is 2.14 bits per heavy atom. The van der Waals surface area contributed by atoms with Crippen LogP contribution in [0.4, 0.5) is 17.1 Å². The first-order chi connectivity index (χ1) is 21.3. The molecule has 0 saturated heterocycles. The number of aromatic nitrogens is 1. The second kappa shape index (κ2) is 9.55. The molecule has 0 aliphatic rings. The van der Waals surface area contributed by atoms with E-state index < -0.39 is 0 Å². The highest BCUT2D eigenvalue weighted by molar-refractivity contribution is 7.27. The molecule has 43 heavy (non-hydrogen) atoms. The Morgan fingerprint density at radius 1 is 0.512 bits per heavy atom. The van der Waals surface area contributed by atoms with Gasteiger partial charge in [-0.15, -0.1) is 11.3 Å². The lowest BCUT2D eigenvalue weighted by molar-refractivity contribution is 0.669. The van der Waals surface area contributed by atoms with E-state index in [1.165, 1.54) is 32.0 Å². The lowest BCUT2D eigenvalue weighted by atomic mass is 10.0. The summed E-state index contributed by atoms with van der Waals surface area (Å²) >= 11 is 1.82. The molecule has 9 aromatic rings. The summed E-state index contributed by atoms with van der Waals surface area (Å²) in [6, 6.07) is 49.2. The summed E-state index contributed by atoms with van der Waals surface area (Å²) in [5, 5.41) is 5.89. The van der Waals surface area contributed by atoms with Crippen LogP contribution in [0.15, 0.2) is 150 Å². The number of thiophene rings is 1. The van der Waals surface area contributed by atoms with Crippen LogP contribution >= 0.6 is 11.3 Å². The predicted molar refractivity (Wildman–Crippen MR) is 182 cm³/mol. The third-order valence-corrected chi connectivity index (χ3v) is 9.57. The van der Waals surface area contributed by atoms with E-state index in [1.807, 2.05) is 29.7 Å². The number of anilines is 3. The smallest absolute Gasteiger partial charge is 0.137 e. The Hall–Kier alpha value is -5.45. The van der Waals surface area contributed by atoms with E-state index in [1.54, 1.807) is 0 Å². The van der Waals surface area contributed by atoms with E-state index in [0.717, 1.165) is 49.2 Å². The Morgan fingerprint density at radius 2 is 1.26 bits per heavy atom. The number of nitrogens with zero attached hydrogens (tertiary/aromatic N) is 2. The minimum Gasteiger partial charge on any atom is -0.456 e. The van der Waals surface area contributed by atoms with Crippen molar-refractivity contribution in [3.05, 3.63) is 146 Å². The molecule has 0 spiro atoms. The monoisotopic (exact) mass is 568 g/mol. The molecular formula is C39H24N2OS. The first-order valence-corrected chi connectivity index (χ1v) is 15.2. The second-order valence-electron chi connectivity index (χ2n) is 10.8. The number of rotatable bonds is 4. The molecule has 6 aromatic carbocycles. The summed E-state index contributed by atoms with van der Waals surface area (Å²) in [4.78, 5) is 7.30. The third kappa shape index (κ3) is 3.77. The van der Waals surface area contributed by atoms with Crippen LogP contribution in [-0.4, -0.2) is 4.98 Å². The topological polar surface area (TPSA) is 29.3 Å². The lowest BCUT2D eigenvalue weighted by Crippen LogP contribution is -2.10. The van der Waals surface area contributed by atoms with Crippen molar-refractivity contribution in [2.24, 2.45) is 0 Å². The molecule has 3 heterocycles. The van der Waals surface area contributed by atoms with Crippen LogP contribution in [0.5, 0.6) is 0 Å². The average molecular weight is 569 g/mol. The fourth-order valence-electron chi connectivity index (χ4n) is 6.33. The predicted octanol–water partition coefficient (Wildman–Crippen LogP) is 11.6. The van der Waals surface area contributed by atoms with Gasteiger partial charge in [0.25, 0.3) is 0 Å². The summed E-state index contributed by atoms with van der Waals surface area (Å²) in [6.45, 7) is 0. The van der Waals surface area contributed by atoms with Gasteiger partial charge in [-0.3, -0.25) is 4.98 Å². The van der Waals surface area contributed by atoms with Gasteiger partial charge in [-0.05, 0) is 58.3 Å². The maximum atomic E-state index is 6.34. The molecule has 0 N–H and O–H groups in total. The molecule has 0 saturated carbocycles. The molecule has 9 rings (SSSR count). The van der Waals surface area contributed by atoms with Crippen molar-refractivity contribution in [1.29, 1.82) is 0 Å². The number of furan rings is 1. The molecule has 0 aliphatic heterocycles. The van der Waals surface area contributed by atoms with Crippen molar-refractivity contribution >= 4 is 81.4 Å². The third-order valence-electron chi connectivity index (χ3n) is 8.32. The van der Waals surface area contributed by atoms with E-state index in [-0.39, 0.29) is 0 Å². The van der Waals surface area contributed by atoms with Gasteiger partial charge in [-0.2, -0.15) is 0 Å². The zero-order valence-electron chi connectivity index (χ0n) is 23.1. The Balaban J connectivity index is 1.34. The largest absolute Gasteiger partial charge is 0.456 e. The summed E-state index contributed by atoms with van der Waals surface area (Å²) in [5.74, 6) is 0. The maximum absolute atomic E-state index is 6.34. The van der Waals surface area contributed by atoms with Crippen LogP contribution in [0, 0.1) is 0 Å². The summed E-state index contributed by atoms with van der Waals surface area (Å²) in [6.07, 6.45) is 1.94. The maximum Gasteiger partial charge on any atom is 0.137 e. The molecular weight excluding hydrogens is 545 g/mol. The van der Waals surface area contributed by atoms with Gasteiger partial charge in [0.05, 0.1) is 27.0 Å².